The molecule has 0 aromatic carbocycles. The number of aryl methyl sites for hydroxylation is 1. The van der Waals surface area contributed by atoms with Crippen molar-refractivity contribution in [3.05, 3.63) is 16.0 Å². The predicted molar refractivity (Wildman–Crippen MR) is 103 cm³/mol. The third-order valence-corrected chi connectivity index (χ3v) is 5.76. The molecule has 0 saturated heterocycles. The Kier molecular flexibility index (Phi) is 7.26. The van der Waals surface area contributed by atoms with Gasteiger partial charge in [0.05, 0.1) is 12.2 Å². The lowest BCUT2D eigenvalue weighted by Gasteiger charge is -2.27. The number of halogens is 3. The van der Waals surface area contributed by atoms with Crippen LogP contribution in [0.1, 0.15) is 53.9 Å². The highest BCUT2D eigenvalue weighted by molar-refractivity contribution is 7.16. The number of alkyl halides is 3. The van der Waals surface area contributed by atoms with Crippen LogP contribution in [-0.2, 0) is 22.4 Å². The number of hydrogen-bond acceptors (Lipinski definition) is 5. The Morgan fingerprint density at radius 2 is 1.92 bits per heavy atom. The summed E-state index contributed by atoms with van der Waals surface area (Å²) in [6, 6.07) is 0. The fourth-order valence-corrected chi connectivity index (χ4v) is 4.31. The van der Waals surface area contributed by atoms with Gasteiger partial charge in [-0.1, -0.05) is 41.7 Å². The van der Waals surface area contributed by atoms with Crippen molar-refractivity contribution in [2.24, 2.45) is 0 Å². The highest BCUT2D eigenvalue weighted by atomic mass is 35.6. The molecule has 1 aromatic heterocycles. The van der Waals surface area contributed by atoms with Crippen LogP contribution in [0.15, 0.2) is 0 Å². The van der Waals surface area contributed by atoms with Gasteiger partial charge in [0.25, 0.3) is 0 Å². The van der Waals surface area contributed by atoms with E-state index in [2.05, 4.69) is 10.6 Å². The van der Waals surface area contributed by atoms with Crippen molar-refractivity contribution in [3.63, 3.8) is 0 Å². The van der Waals surface area contributed by atoms with E-state index in [0.717, 1.165) is 36.1 Å². The summed E-state index contributed by atoms with van der Waals surface area (Å²) in [5.74, 6) is -0.655. The summed E-state index contributed by atoms with van der Waals surface area (Å²) in [4.78, 5) is 25.4. The average molecular weight is 428 g/mol. The third kappa shape index (κ3) is 5.16. The van der Waals surface area contributed by atoms with Crippen molar-refractivity contribution >= 4 is 63.0 Å². The smallest absolute Gasteiger partial charge is 0.341 e. The van der Waals surface area contributed by atoms with Crippen LogP contribution in [0.3, 0.4) is 0 Å². The molecule has 2 N–H and O–H groups in total. The molecule has 0 saturated carbocycles. The van der Waals surface area contributed by atoms with Gasteiger partial charge in [-0.3, -0.25) is 4.79 Å². The number of esters is 1. The number of rotatable bonds is 6. The number of carbonyl (C=O) groups is 2. The minimum atomic E-state index is -1.78. The van der Waals surface area contributed by atoms with E-state index in [9.17, 15) is 9.59 Å². The molecule has 0 unspecified atom stereocenters. The molecule has 1 aliphatic carbocycles. The maximum absolute atomic E-state index is 12.5. The Bertz CT molecular complexity index is 643. The number of hydrogen-bond donors (Lipinski definition) is 2. The van der Waals surface area contributed by atoms with E-state index < -0.39 is 15.9 Å². The maximum Gasteiger partial charge on any atom is 0.341 e. The molecule has 9 heteroatoms. The summed E-state index contributed by atoms with van der Waals surface area (Å²) in [6.45, 7) is 3.75. The number of amides is 1. The van der Waals surface area contributed by atoms with E-state index in [4.69, 9.17) is 39.5 Å². The summed E-state index contributed by atoms with van der Waals surface area (Å²) in [7, 11) is 0. The molecule has 1 amide bonds. The molecule has 1 aliphatic rings. The number of carbonyl (C=O) groups excluding carboxylic acids is 2. The first-order valence-electron chi connectivity index (χ1n) is 8.22. The summed E-state index contributed by atoms with van der Waals surface area (Å²) in [5, 5.41) is 6.25. The van der Waals surface area contributed by atoms with Gasteiger partial charge in [0.1, 0.15) is 11.2 Å². The van der Waals surface area contributed by atoms with E-state index in [1.165, 1.54) is 11.3 Å². The van der Waals surface area contributed by atoms with Crippen LogP contribution in [0.2, 0.25) is 0 Å². The van der Waals surface area contributed by atoms with Gasteiger partial charge in [-0.25, -0.2) is 4.79 Å². The molecule has 2 rings (SSSR count). The minimum Gasteiger partial charge on any atom is -0.462 e. The third-order valence-electron chi connectivity index (χ3n) is 3.88. The van der Waals surface area contributed by atoms with Gasteiger partial charge in [0.2, 0.25) is 9.70 Å². The molecule has 25 heavy (non-hydrogen) atoms. The van der Waals surface area contributed by atoms with E-state index in [1.54, 1.807) is 13.8 Å². The van der Waals surface area contributed by atoms with E-state index >= 15 is 0 Å². The highest BCUT2D eigenvalue weighted by Crippen LogP contribution is 2.40. The lowest BCUT2D eigenvalue weighted by molar-refractivity contribution is -0.121. The zero-order chi connectivity index (χ0) is 18.6. The summed E-state index contributed by atoms with van der Waals surface area (Å²) in [6.07, 6.45) is 3.13. The summed E-state index contributed by atoms with van der Waals surface area (Å²) >= 11 is 19.5. The zero-order valence-electron chi connectivity index (χ0n) is 14.1. The van der Waals surface area contributed by atoms with E-state index in [1.807, 2.05) is 0 Å². The van der Waals surface area contributed by atoms with Crippen molar-refractivity contribution in [2.75, 3.05) is 11.9 Å². The van der Waals surface area contributed by atoms with Gasteiger partial charge < -0.3 is 15.4 Å². The Morgan fingerprint density at radius 1 is 1.24 bits per heavy atom. The van der Waals surface area contributed by atoms with Crippen LogP contribution >= 0.6 is 46.1 Å². The van der Waals surface area contributed by atoms with Crippen molar-refractivity contribution in [2.45, 2.75) is 55.9 Å². The normalized spacial score (nSPS) is 15.2. The molecule has 1 aromatic rings. The first-order chi connectivity index (χ1) is 11.8. The molecule has 0 bridgehead atoms. The largest absolute Gasteiger partial charge is 0.462 e. The molecule has 1 heterocycles. The molecule has 5 nitrogen and oxygen atoms in total. The zero-order valence-corrected chi connectivity index (χ0v) is 17.2. The van der Waals surface area contributed by atoms with Crippen LogP contribution in [0.25, 0.3) is 0 Å². The maximum atomic E-state index is 12.5. The van der Waals surface area contributed by atoms with Gasteiger partial charge in [-0.05, 0) is 38.2 Å². The molecular formula is C16H21Cl3N2O3S. The van der Waals surface area contributed by atoms with Crippen LogP contribution in [-0.4, -0.2) is 28.4 Å². The Morgan fingerprint density at radius 3 is 2.52 bits per heavy atom. The number of nitrogens with one attached hydrogen (secondary N) is 2. The second-order valence-electron chi connectivity index (χ2n) is 5.68. The van der Waals surface area contributed by atoms with Gasteiger partial charge in [0, 0.05) is 11.3 Å². The standard InChI is InChI=1S/C16H21Cl3N2O3S/c1-3-11(22)20-15(16(17,18)19)21-13-12(14(23)24-4-2)9-7-5-6-8-10(9)25-13/h15,21H,3-8H2,1-2H3,(H,20,22)/t15-/m0/s1. The molecule has 0 fully saturated rings. The van der Waals surface area contributed by atoms with Crippen LogP contribution < -0.4 is 10.6 Å². The van der Waals surface area contributed by atoms with E-state index in [-0.39, 0.29) is 18.9 Å². The topological polar surface area (TPSA) is 67.4 Å². The minimum absolute atomic E-state index is 0.255. The molecular weight excluding hydrogens is 407 g/mol. The molecule has 1 atom stereocenters. The van der Waals surface area contributed by atoms with Crippen molar-refractivity contribution < 1.29 is 14.3 Å². The number of ether oxygens (including phenoxy) is 1. The Hall–Kier alpha value is -0.690. The van der Waals surface area contributed by atoms with E-state index in [0.29, 0.717) is 10.6 Å². The molecule has 0 radical (unpaired) electrons. The monoisotopic (exact) mass is 426 g/mol. The highest BCUT2D eigenvalue weighted by Gasteiger charge is 2.36. The fraction of sp³-hybridized carbons (Fsp3) is 0.625. The predicted octanol–water partition coefficient (Wildman–Crippen LogP) is 4.44. The second kappa shape index (κ2) is 8.80. The lowest BCUT2D eigenvalue weighted by atomic mass is 9.95. The van der Waals surface area contributed by atoms with Crippen molar-refractivity contribution in [3.8, 4) is 0 Å². The van der Waals surface area contributed by atoms with Gasteiger partial charge in [-0.2, -0.15) is 0 Å². The van der Waals surface area contributed by atoms with Gasteiger partial charge in [-0.15, -0.1) is 11.3 Å². The number of anilines is 1. The number of fused-ring (bicyclic) bond motifs is 1. The summed E-state index contributed by atoms with van der Waals surface area (Å²) in [5.41, 5.74) is 1.49. The Balaban J connectivity index is 2.37. The Labute approximate surface area is 166 Å². The lowest BCUT2D eigenvalue weighted by Crippen LogP contribution is -2.49. The van der Waals surface area contributed by atoms with Gasteiger partial charge in [0.15, 0.2) is 0 Å². The summed E-state index contributed by atoms with van der Waals surface area (Å²) < 4.78 is 3.43. The fourth-order valence-electron chi connectivity index (χ4n) is 2.68. The molecule has 0 aliphatic heterocycles. The number of thiophene rings is 1. The molecule has 140 valence electrons. The second-order valence-corrected chi connectivity index (χ2v) is 9.15. The van der Waals surface area contributed by atoms with Gasteiger partial charge >= 0.3 is 5.97 Å². The quantitative estimate of drug-likeness (QED) is 0.400. The first-order valence-corrected chi connectivity index (χ1v) is 10.2. The van der Waals surface area contributed by atoms with Crippen LogP contribution in [0.4, 0.5) is 5.00 Å². The first kappa shape index (κ1) is 20.6. The van der Waals surface area contributed by atoms with Crippen LogP contribution in [0.5, 0.6) is 0 Å². The van der Waals surface area contributed by atoms with Crippen LogP contribution in [0, 0.1) is 0 Å². The van der Waals surface area contributed by atoms with Crippen molar-refractivity contribution in [1.29, 1.82) is 0 Å². The average Bonchev–Trinajstić information content (AvgIpc) is 2.91. The SMILES string of the molecule is CCOC(=O)c1c(N[C@H](NC(=O)CC)C(Cl)(Cl)Cl)sc2c1CCCC2. The molecule has 0 spiro atoms. The van der Waals surface area contributed by atoms with Crippen molar-refractivity contribution in [1.82, 2.24) is 5.32 Å².